The molecule has 0 saturated carbocycles. The van der Waals surface area contributed by atoms with Crippen molar-refractivity contribution in [2.45, 2.75) is 27.2 Å². The van der Waals surface area contributed by atoms with Gasteiger partial charge in [0.15, 0.2) is 0 Å². The van der Waals surface area contributed by atoms with E-state index in [2.05, 4.69) is 37.0 Å². The molecule has 94 valence electrons. The first-order valence-corrected chi connectivity index (χ1v) is 5.82. The molecule has 0 spiro atoms. The third kappa shape index (κ3) is 2.14. The largest absolute Gasteiger partial charge is 0.481 e. The van der Waals surface area contributed by atoms with Crippen LogP contribution in [0.4, 0.5) is 0 Å². The average molecular weight is 244 g/mol. The number of nitrogens with zero attached hydrogens (tertiary/aromatic N) is 1. The number of aliphatic carboxylic acids is 1. The minimum absolute atomic E-state index is 0.0400. The van der Waals surface area contributed by atoms with E-state index >= 15 is 0 Å². The van der Waals surface area contributed by atoms with Crippen molar-refractivity contribution in [2.75, 3.05) is 0 Å². The highest BCUT2D eigenvalue weighted by Gasteiger charge is 2.14. The average Bonchev–Trinajstić information content (AvgIpc) is 2.73. The second-order valence-electron chi connectivity index (χ2n) is 4.51. The fourth-order valence-corrected chi connectivity index (χ4v) is 2.08. The highest BCUT2D eigenvalue weighted by Crippen LogP contribution is 2.29. The number of carboxylic acids is 1. The van der Waals surface area contributed by atoms with E-state index in [0.29, 0.717) is 5.69 Å². The second-order valence-corrected chi connectivity index (χ2v) is 4.51. The summed E-state index contributed by atoms with van der Waals surface area (Å²) in [6, 6.07) is 4.07. The Kier molecular flexibility index (Phi) is 3.19. The molecule has 0 amide bonds. The summed E-state index contributed by atoms with van der Waals surface area (Å²) in [6.07, 6.45) is 1.65. The molecule has 18 heavy (non-hydrogen) atoms. The van der Waals surface area contributed by atoms with Gasteiger partial charge >= 0.3 is 5.97 Å². The third-order valence-electron chi connectivity index (χ3n) is 3.39. The maximum Gasteiger partial charge on any atom is 0.309 e. The standard InChI is InChI=1S/C14H16N2O2/c1-8-4-5-11(10(3)9(8)2)12-7-15-16-13(12)6-14(17)18/h4-5,7H,6H2,1-3H3,(H,15,16)(H,17,18). The van der Waals surface area contributed by atoms with Crippen LogP contribution in [0, 0.1) is 20.8 Å². The van der Waals surface area contributed by atoms with Gasteiger partial charge in [-0.2, -0.15) is 5.10 Å². The monoisotopic (exact) mass is 244 g/mol. The van der Waals surface area contributed by atoms with Crippen LogP contribution in [0.25, 0.3) is 11.1 Å². The Hall–Kier alpha value is -2.10. The van der Waals surface area contributed by atoms with Gasteiger partial charge in [-0.3, -0.25) is 9.89 Å². The molecule has 4 nitrogen and oxygen atoms in total. The lowest BCUT2D eigenvalue weighted by atomic mass is 9.94. The molecule has 2 aromatic rings. The lowest BCUT2D eigenvalue weighted by Gasteiger charge is -2.11. The van der Waals surface area contributed by atoms with Crippen LogP contribution in [0.2, 0.25) is 0 Å². The molecular weight excluding hydrogens is 228 g/mol. The predicted molar refractivity (Wildman–Crippen MR) is 69.6 cm³/mol. The number of carbonyl (C=O) groups is 1. The van der Waals surface area contributed by atoms with E-state index < -0.39 is 5.97 Å². The van der Waals surface area contributed by atoms with Crippen LogP contribution >= 0.6 is 0 Å². The minimum Gasteiger partial charge on any atom is -0.481 e. The van der Waals surface area contributed by atoms with Crippen LogP contribution in [0.1, 0.15) is 22.4 Å². The smallest absolute Gasteiger partial charge is 0.309 e. The van der Waals surface area contributed by atoms with Gasteiger partial charge < -0.3 is 5.11 Å². The molecule has 4 heteroatoms. The van der Waals surface area contributed by atoms with E-state index in [4.69, 9.17) is 5.11 Å². The van der Waals surface area contributed by atoms with Crippen LogP contribution in [0.15, 0.2) is 18.3 Å². The Balaban J connectivity index is 2.53. The van der Waals surface area contributed by atoms with E-state index in [1.54, 1.807) is 6.20 Å². The number of carboxylic acid groups (broad SMARTS) is 1. The Morgan fingerprint density at radius 1 is 1.22 bits per heavy atom. The van der Waals surface area contributed by atoms with Gasteiger partial charge in [0.25, 0.3) is 0 Å². The number of H-pyrrole nitrogens is 1. The van der Waals surface area contributed by atoms with Crippen LogP contribution in [0.5, 0.6) is 0 Å². The van der Waals surface area contributed by atoms with E-state index in [0.717, 1.165) is 11.1 Å². The molecule has 0 fully saturated rings. The molecule has 0 aliphatic carbocycles. The van der Waals surface area contributed by atoms with E-state index in [9.17, 15) is 4.79 Å². The summed E-state index contributed by atoms with van der Waals surface area (Å²) in [4.78, 5) is 10.8. The van der Waals surface area contributed by atoms with E-state index in [1.165, 1.54) is 16.7 Å². The number of rotatable bonds is 3. The summed E-state index contributed by atoms with van der Waals surface area (Å²) >= 11 is 0. The second kappa shape index (κ2) is 4.64. The molecule has 0 radical (unpaired) electrons. The normalized spacial score (nSPS) is 10.6. The van der Waals surface area contributed by atoms with E-state index in [1.807, 2.05) is 6.07 Å². The lowest BCUT2D eigenvalue weighted by Crippen LogP contribution is -2.02. The van der Waals surface area contributed by atoms with Gasteiger partial charge in [0, 0.05) is 5.56 Å². The predicted octanol–water partition coefficient (Wildman–Crippen LogP) is 2.63. The maximum atomic E-state index is 10.8. The number of hydrogen-bond acceptors (Lipinski definition) is 2. The quantitative estimate of drug-likeness (QED) is 0.872. The fraction of sp³-hybridized carbons (Fsp3) is 0.286. The van der Waals surface area contributed by atoms with Gasteiger partial charge in [-0.1, -0.05) is 12.1 Å². The van der Waals surface area contributed by atoms with Crippen LogP contribution in [-0.4, -0.2) is 21.3 Å². The van der Waals surface area contributed by atoms with Gasteiger partial charge in [0.1, 0.15) is 0 Å². The summed E-state index contributed by atoms with van der Waals surface area (Å²) in [6.45, 7) is 6.19. The highest BCUT2D eigenvalue weighted by atomic mass is 16.4. The van der Waals surface area contributed by atoms with Gasteiger partial charge in [0.2, 0.25) is 0 Å². The first-order valence-electron chi connectivity index (χ1n) is 5.82. The number of aryl methyl sites for hydroxylation is 1. The van der Waals surface area contributed by atoms with Gasteiger partial charge in [0.05, 0.1) is 18.3 Å². The van der Waals surface area contributed by atoms with Crippen molar-refractivity contribution >= 4 is 5.97 Å². The van der Waals surface area contributed by atoms with Crippen LogP contribution in [0.3, 0.4) is 0 Å². The zero-order valence-corrected chi connectivity index (χ0v) is 10.7. The van der Waals surface area contributed by atoms with Gasteiger partial charge in [-0.15, -0.1) is 0 Å². The number of aromatic nitrogens is 2. The fourth-order valence-electron chi connectivity index (χ4n) is 2.08. The van der Waals surface area contributed by atoms with Crippen molar-refractivity contribution in [3.8, 4) is 11.1 Å². The molecule has 2 rings (SSSR count). The number of benzene rings is 1. The molecule has 0 unspecified atom stereocenters. The summed E-state index contributed by atoms with van der Waals surface area (Å²) in [7, 11) is 0. The summed E-state index contributed by atoms with van der Waals surface area (Å²) in [5.41, 5.74) is 6.20. The first-order chi connectivity index (χ1) is 8.50. The Morgan fingerprint density at radius 3 is 2.61 bits per heavy atom. The summed E-state index contributed by atoms with van der Waals surface area (Å²) < 4.78 is 0. The number of aromatic amines is 1. The Bertz CT molecular complexity index is 600. The van der Waals surface area contributed by atoms with Crippen molar-refractivity contribution in [1.82, 2.24) is 10.2 Å². The van der Waals surface area contributed by atoms with Crippen LogP contribution in [-0.2, 0) is 11.2 Å². The lowest BCUT2D eigenvalue weighted by molar-refractivity contribution is -0.136. The molecule has 1 heterocycles. The topological polar surface area (TPSA) is 66.0 Å². The summed E-state index contributed by atoms with van der Waals surface area (Å²) in [5, 5.41) is 15.6. The molecule has 0 saturated heterocycles. The molecule has 0 aliphatic rings. The van der Waals surface area contributed by atoms with Gasteiger partial charge in [-0.05, 0) is 43.0 Å². The van der Waals surface area contributed by atoms with Gasteiger partial charge in [-0.25, -0.2) is 0 Å². The number of hydrogen-bond donors (Lipinski definition) is 2. The zero-order valence-electron chi connectivity index (χ0n) is 10.7. The molecule has 0 aliphatic heterocycles. The van der Waals surface area contributed by atoms with Crippen molar-refractivity contribution < 1.29 is 9.90 Å². The minimum atomic E-state index is -0.859. The molecule has 0 atom stereocenters. The maximum absolute atomic E-state index is 10.8. The molecule has 1 aromatic carbocycles. The SMILES string of the molecule is Cc1ccc(-c2cn[nH]c2CC(=O)O)c(C)c1C. The molecule has 2 N–H and O–H groups in total. The summed E-state index contributed by atoms with van der Waals surface area (Å²) in [5.74, 6) is -0.859. The highest BCUT2D eigenvalue weighted by molar-refractivity contribution is 5.77. The van der Waals surface area contributed by atoms with E-state index in [-0.39, 0.29) is 6.42 Å². The number of nitrogens with one attached hydrogen (secondary N) is 1. The molecular formula is C14H16N2O2. The van der Waals surface area contributed by atoms with Crippen LogP contribution < -0.4 is 0 Å². The van der Waals surface area contributed by atoms with Crippen molar-refractivity contribution in [3.63, 3.8) is 0 Å². The third-order valence-corrected chi connectivity index (χ3v) is 3.39. The molecule has 0 bridgehead atoms. The zero-order chi connectivity index (χ0) is 13.3. The Morgan fingerprint density at radius 2 is 1.94 bits per heavy atom. The van der Waals surface area contributed by atoms with Crippen molar-refractivity contribution in [1.29, 1.82) is 0 Å². The first kappa shape index (κ1) is 12.4. The van der Waals surface area contributed by atoms with Crippen molar-refractivity contribution in [2.24, 2.45) is 0 Å². The molecule has 1 aromatic heterocycles. The Labute approximate surface area is 106 Å². The van der Waals surface area contributed by atoms with Crippen molar-refractivity contribution in [3.05, 3.63) is 40.7 Å².